The van der Waals surface area contributed by atoms with E-state index >= 15 is 0 Å². The first-order valence-corrected chi connectivity index (χ1v) is 9.03. The third-order valence-electron chi connectivity index (χ3n) is 4.43. The molecule has 0 aromatic heterocycles. The summed E-state index contributed by atoms with van der Waals surface area (Å²) in [5, 5.41) is 8.92. The zero-order chi connectivity index (χ0) is 17.2. The van der Waals surface area contributed by atoms with Crippen LogP contribution >= 0.6 is 11.8 Å². The number of hydrogen-bond donors (Lipinski definition) is 1. The molecule has 1 aliphatic rings. The van der Waals surface area contributed by atoms with E-state index in [0.717, 1.165) is 16.9 Å². The molecule has 2 aromatic rings. The van der Waals surface area contributed by atoms with Crippen molar-refractivity contribution in [2.75, 3.05) is 5.75 Å². The number of thioether (sulfide) groups is 1. The normalized spacial score (nSPS) is 15.1. The molecule has 1 N–H and O–H groups in total. The average molecular weight is 336 g/mol. The third kappa shape index (κ3) is 3.49. The predicted octanol–water partition coefficient (Wildman–Crippen LogP) is 4.75. The highest BCUT2D eigenvalue weighted by Gasteiger charge is 2.28. The van der Waals surface area contributed by atoms with Gasteiger partial charge in [-0.3, -0.25) is 0 Å². The number of aromatic carboxylic acids is 1. The van der Waals surface area contributed by atoms with Crippen LogP contribution in [0.5, 0.6) is 0 Å². The highest BCUT2D eigenvalue weighted by atomic mass is 32.2. The Kier molecular flexibility index (Phi) is 4.69. The number of carbonyl (C=O) groups is 1. The summed E-state index contributed by atoms with van der Waals surface area (Å²) in [7, 11) is 0. The number of benzene rings is 2. The summed E-state index contributed by atoms with van der Waals surface area (Å²) in [5.41, 5.74) is 4.06. The molecule has 0 spiro atoms. The second-order valence-electron chi connectivity index (χ2n) is 6.65. The molecule has 0 saturated heterocycles. The molecule has 0 amide bonds. The quantitative estimate of drug-likeness (QED) is 0.804. The Morgan fingerprint density at radius 2 is 1.96 bits per heavy atom. The molecule has 0 aliphatic carbocycles. The maximum absolute atomic E-state index is 10.9. The van der Waals surface area contributed by atoms with Crippen LogP contribution in [0, 0.1) is 11.8 Å². The number of carboxylic acid groups (broad SMARTS) is 1. The van der Waals surface area contributed by atoms with Crippen LogP contribution in [0.2, 0.25) is 0 Å². The fraction of sp³-hybridized carbons (Fsp3) is 0.286. The lowest BCUT2D eigenvalue weighted by molar-refractivity contribution is 0.0697. The molecular formula is C21H20O2S. The number of carboxylic acids is 1. The van der Waals surface area contributed by atoms with Gasteiger partial charge >= 0.3 is 5.97 Å². The SMILES string of the molecule is CC1(C)CCSc2c(C#CCc3ccc(C(=O)O)cc3)cccc21. The van der Waals surface area contributed by atoms with Crippen LogP contribution in [0.4, 0.5) is 0 Å². The van der Waals surface area contributed by atoms with E-state index in [0.29, 0.717) is 12.0 Å². The van der Waals surface area contributed by atoms with Crippen molar-refractivity contribution >= 4 is 17.7 Å². The monoisotopic (exact) mass is 336 g/mol. The molecule has 1 heterocycles. The molecule has 0 bridgehead atoms. The number of rotatable bonds is 2. The minimum atomic E-state index is -0.900. The first-order chi connectivity index (χ1) is 11.5. The minimum Gasteiger partial charge on any atom is -0.478 e. The van der Waals surface area contributed by atoms with Crippen LogP contribution in [-0.2, 0) is 11.8 Å². The summed E-state index contributed by atoms with van der Waals surface area (Å²) in [6.07, 6.45) is 1.81. The third-order valence-corrected chi connectivity index (χ3v) is 5.57. The van der Waals surface area contributed by atoms with Crippen molar-refractivity contribution in [2.24, 2.45) is 0 Å². The van der Waals surface area contributed by atoms with Gasteiger partial charge in [0.1, 0.15) is 0 Å². The van der Waals surface area contributed by atoms with E-state index in [4.69, 9.17) is 5.11 Å². The summed E-state index contributed by atoms with van der Waals surface area (Å²) < 4.78 is 0. The van der Waals surface area contributed by atoms with Crippen molar-refractivity contribution in [3.8, 4) is 11.8 Å². The van der Waals surface area contributed by atoms with E-state index in [1.54, 1.807) is 12.1 Å². The van der Waals surface area contributed by atoms with Gasteiger partial charge in [-0.15, -0.1) is 11.8 Å². The Bertz CT molecular complexity index is 823. The molecule has 3 heteroatoms. The van der Waals surface area contributed by atoms with Crippen LogP contribution in [0.3, 0.4) is 0 Å². The van der Waals surface area contributed by atoms with Crippen molar-refractivity contribution < 1.29 is 9.90 Å². The Morgan fingerprint density at radius 3 is 2.67 bits per heavy atom. The van der Waals surface area contributed by atoms with E-state index in [1.807, 2.05) is 23.9 Å². The summed E-state index contributed by atoms with van der Waals surface area (Å²) in [4.78, 5) is 12.2. The van der Waals surface area contributed by atoms with Gasteiger partial charge in [0.15, 0.2) is 0 Å². The van der Waals surface area contributed by atoms with Crippen LogP contribution in [-0.4, -0.2) is 16.8 Å². The van der Waals surface area contributed by atoms with Gasteiger partial charge in [0.2, 0.25) is 0 Å². The molecule has 0 unspecified atom stereocenters. The first kappa shape index (κ1) is 16.7. The van der Waals surface area contributed by atoms with Crippen LogP contribution in [0.1, 0.15) is 47.3 Å². The fourth-order valence-corrected chi connectivity index (χ4v) is 4.46. The molecule has 1 aliphatic heterocycles. The van der Waals surface area contributed by atoms with E-state index in [-0.39, 0.29) is 5.41 Å². The van der Waals surface area contributed by atoms with E-state index in [1.165, 1.54) is 16.9 Å². The minimum absolute atomic E-state index is 0.213. The van der Waals surface area contributed by atoms with Crippen LogP contribution in [0.15, 0.2) is 47.4 Å². The fourth-order valence-electron chi connectivity index (χ4n) is 2.87. The van der Waals surface area contributed by atoms with Gasteiger partial charge < -0.3 is 5.11 Å². The standard InChI is InChI=1S/C21H20O2S/c1-21(2)13-14-24-19-16(7-4-8-18(19)21)6-3-5-15-9-11-17(12-10-15)20(22)23/h4,7-12H,5,13-14H2,1-2H3,(H,22,23). The molecule has 122 valence electrons. The van der Waals surface area contributed by atoms with Gasteiger partial charge in [0.25, 0.3) is 0 Å². The van der Waals surface area contributed by atoms with Crippen molar-refractivity contribution in [3.63, 3.8) is 0 Å². The first-order valence-electron chi connectivity index (χ1n) is 8.05. The molecule has 2 aromatic carbocycles. The largest absolute Gasteiger partial charge is 0.478 e. The Hall–Kier alpha value is -2.18. The second kappa shape index (κ2) is 6.75. The highest BCUT2D eigenvalue weighted by Crippen LogP contribution is 2.42. The Labute approximate surface area is 147 Å². The second-order valence-corrected chi connectivity index (χ2v) is 7.75. The Morgan fingerprint density at radius 1 is 1.21 bits per heavy atom. The van der Waals surface area contributed by atoms with E-state index < -0.39 is 5.97 Å². The molecular weight excluding hydrogens is 316 g/mol. The molecule has 0 atom stereocenters. The van der Waals surface area contributed by atoms with E-state index in [2.05, 4.69) is 43.9 Å². The van der Waals surface area contributed by atoms with Crippen molar-refractivity contribution in [1.82, 2.24) is 0 Å². The summed E-state index contributed by atoms with van der Waals surface area (Å²) >= 11 is 1.90. The topological polar surface area (TPSA) is 37.3 Å². The molecule has 3 rings (SSSR count). The molecule has 0 saturated carbocycles. The van der Waals surface area contributed by atoms with E-state index in [9.17, 15) is 4.79 Å². The number of hydrogen-bond acceptors (Lipinski definition) is 2. The molecule has 0 radical (unpaired) electrons. The predicted molar refractivity (Wildman–Crippen MR) is 98.8 cm³/mol. The van der Waals surface area contributed by atoms with Gasteiger partial charge in [0.05, 0.1) is 5.56 Å². The van der Waals surface area contributed by atoms with Gasteiger partial charge in [-0.05, 0) is 46.9 Å². The smallest absolute Gasteiger partial charge is 0.335 e. The van der Waals surface area contributed by atoms with Crippen LogP contribution < -0.4 is 0 Å². The molecule has 0 fully saturated rings. The van der Waals surface area contributed by atoms with Crippen LogP contribution in [0.25, 0.3) is 0 Å². The lowest BCUT2D eigenvalue weighted by Crippen LogP contribution is -2.23. The number of fused-ring (bicyclic) bond motifs is 1. The van der Waals surface area contributed by atoms with Gasteiger partial charge in [-0.1, -0.05) is 50.0 Å². The lowest BCUT2D eigenvalue weighted by Gasteiger charge is -2.32. The summed E-state index contributed by atoms with van der Waals surface area (Å²) in [6.45, 7) is 4.60. The zero-order valence-corrected chi connectivity index (χ0v) is 14.7. The van der Waals surface area contributed by atoms with Crippen molar-refractivity contribution in [3.05, 3.63) is 64.7 Å². The lowest BCUT2D eigenvalue weighted by atomic mass is 9.81. The maximum Gasteiger partial charge on any atom is 0.335 e. The highest BCUT2D eigenvalue weighted by molar-refractivity contribution is 7.99. The zero-order valence-electron chi connectivity index (χ0n) is 13.9. The van der Waals surface area contributed by atoms with Crippen molar-refractivity contribution in [1.29, 1.82) is 0 Å². The molecule has 2 nitrogen and oxygen atoms in total. The van der Waals surface area contributed by atoms with Gasteiger partial charge in [-0.25, -0.2) is 4.79 Å². The van der Waals surface area contributed by atoms with Gasteiger partial charge in [-0.2, -0.15) is 0 Å². The van der Waals surface area contributed by atoms with Gasteiger partial charge in [0, 0.05) is 16.9 Å². The summed E-state index contributed by atoms with van der Waals surface area (Å²) in [6, 6.07) is 13.3. The molecule has 24 heavy (non-hydrogen) atoms. The summed E-state index contributed by atoms with van der Waals surface area (Å²) in [5.74, 6) is 6.78. The van der Waals surface area contributed by atoms with Crippen molar-refractivity contribution in [2.45, 2.75) is 37.0 Å². The Balaban J connectivity index is 1.81. The average Bonchev–Trinajstić information content (AvgIpc) is 2.55. The maximum atomic E-state index is 10.9.